The van der Waals surface area contributed by atoms with E-state index in [9.17, 15) is 19.2 Å². The molecule has 0 aliphatic heterocycles. The van der Waals surface area contributed by atoms with E-state index < -0.39 is 30.3 Å². The van der Waals surface area contributed by atoms with E-state index in [1.54, 1.807) is 19.9 Å². The van der Waals surface area contributed by atoms with Gasteiger partial charge >= 0.3 is 5.97 Å². The number of hydrogen-bond donors (Lipinski definition) is 2. The number of aromatic amines is 1. The summed E-state index contributed by atoms with van der Waals surface area (Å²) in [7, 11) is 0. The molecule has 0 aliphatic carbocycles. The van der Waals surface area contributed by atoms with Crippen molar-refractivity contribution in [3.8, 4) is 0 Å². The highest BCUT2D eigenvalue weighted by molar-refractivity contribution is 6.04. The van der Waals surface area contributed by atoms with Crippen LogP contribution in [-0.4, -0.2) is 41.1 Å². The molecule has 2 aromatic heterocycles. The first-order valence-corrected chi connectivity index (χ1v) is 10.1. The van der Waals surface area contributed by atoms with E-state index in [0.717, 1.165) is 5.56 Å². The standard InChI is InChI=1S/C24H24N2O6/c1-14-21(16(3)27)15(2)25-22(14)19(28)13-32-24(30)18(12-17-8-5-4-6-9-17)26-23(29)20-10-7-11-31-20/h4-11,18,25H,12-13H2,1-3H3,(H,26,29)/t18-/m0/s1. The Hall–Kier alpha value is -3.94. The van der Waals surface area contributed by atoms with E-state index in [2.05, 4.69) is 10.3 Å². The van der Waals surface area contributed by atoms with Gasteiger partial charge in [0, 0.05) is 17.7 Å². The number of amides is 1. The van der Waals surface area contributed by atoms with Crippen LogP contribution in [-0.2, 0) is 16.0 Å². The summed E-state index contributed by atoms with van der Waals surface area (Å²) in [6.07, 6.45) is 1.53. The Bertz CT molecular complexity index is 1130. The first kappa shape index (κ1) is 22.7. The van der Waals surface area contributed by atoms with Crippen LogP contribution in [0.2, 0.25) is 0 Å². The largest absolute Gasteiger partial charge is 0.459 e. The van der Waals surface area contributed by atoms with Crippen LogP contribution in [0.5, 0.6) is 0 Å². The number of ether oxygens (including phenoxy) is 1. The second-order valence-corrected chi connectivity index (χ2v) is 7.41. The Labute approximate surface area is 185 Å². The zero-order chi connectivity index (χ0) is 23.3. The van der Waals surface area contributed by atoms with Crippen molar-refractivity contribution in [1.29, 1.82) is 0 Å². The maximum atomic E-state index is 12.8. The number of rotatable bonds is 9. The van der Waals surface area contributed by atoms with Gasteiger partial charge in [0.2, 0.25) is 5.78 Å². The summed E-state index contributed by atoms with van der Waals surface area (Å²) in [5.41, 5.74) is 2.58. The predicted molar refractivity (Wildman–Crippen MR) is 116 cm³/mol. The second kappa shape index (κ2) is 9.91. The summed E-state index contributed by atoms with van der Waals surface area (Å²) in [5, 5.41) is 2.60. The highest BCUT2D eigenvalue weighted by Crippen LogP contribution is 2.19. The predicted octanol–water partition coefficient (Wildman–Crippen LogP) is 3.19. The van der Waals surface area contributed by atoms with E-state index in [0.29, 0.717) is 16.8 Å². The summed E-state index contributed by atoms with van der Waals surface area (Å²) in [6.45, 7) is 4.26. The van der Waals surface area contributed by atoms with E-state index in [-0.39, 0.29) is 23.7 Å². The number of H-pyrrole nitrogens is 1. The number of furan rings is 1. The molecule has 1 aromatic carbocycles. The number of esters is 1. The number of carbonyl (C=O) groups is 4. The van der Waals surface area contributed by atoms with Gasteiger partial charge in [0.1, 0.15) is 6.04 Å². The maximum Gasteiger partial charge on any atom is 0.329 e. The number of aryl methyl sites for hydroxylation is 1. The minimum atomic E-state index is -1.03. The van der Waals surface area contributed by atoms with E-state index in [4.69, 9.17) is 9.15 Å². The van der Waals surface area contributed by atoms with E-state index in [1.165, 1.54) is 19.3 Å². The second-order valence-electron chi connectivity index (χ2n) is 7.41. The molecule has 0 bridgehead atoms. The van der Waals surface area contributed by atoms with Crippen LogP contribution in [0.3, 0.4) is 0 Å². The Morgan fingerprint density at radius 1 is 1.06 bits per heavy atom. The minimum absolute atomic E-state index is 0.0567. The Kier molecular flexibility index (Phi) is 7.04. The third-order valence-electron chi connectivity index (χ3n) is 5.03. The van der Waals surface area contributed by atoms with Crippen LogP contribution < -0.4 is 5.32 Å². The van der Waals surface area contributed by atoms with Crippen molar-refractivity contribution in [2.24, 2.45) is 0 Å². The fraction of sp³-hybridized carbons (Fsp3) is 0.250. The highest BCUT2D eigenvalue weighted by atomic mass is 16.5. The molecule has 1 amide bonds. The molecule has 0 radical (unpaired) electrons. The molecule has 166 valence electrons. The molecule has 8 heteroatoms. The number of ketones is 2. The summed E-state index contributed by atoms with van der Waals surface area (Å²) in [5.74, 6) is -1.89. The number of aromatic nitrogens is 1. The highest BCUT2D eigenvalue weighted by Gasteiger charge is 2.26. The number of carbonyl (C=O) groups excluding carboxylic acids is 4. The van der Waals surface area contributed by atoms with Crippen LogP contribution in [0, 0.1) is 13.8 Å². The molecule has 0 unspecified atom stereocenters. The molecule has 0 spiro atoms. The lowest BCUT2D eigenvalue weighted by molar-refractivity contribution is -0.144. The third kappa shape index (κ3) is 5.21. The first-order valence-electron chi connectivity index (χ1n) is 10.1. The van der Waals surface area contributed by atoms with Gasteiger partial charge in [-0.3, -0.25) is 14.4 Å². The smallest absolute Gasteiger partial charge is 0.329 e. The molecule has 3 rings (SSSR count). The zero-order valence-corrected chi connectivity index (χ0v) is 18.1. The summed E-state index contributed by atoms with van der Waals surface area (Å²) >= 11 is 0. The van der Waals surface area contributed by atoms with Crippen LogP contribution >= 0.6 is 0 Å². The molecule has 0 aliphatic rings. The van der Waals surface area contributed by atoms with Gasteiger partial charge in [-0.2, -0.15) is 0 Å². The fourth-order valence-electron chi connectivity index (χ4n) is 3.55. The molecule has 3 aromatic rings. The van der Waals surface area contributed by atoms with Crippen molar-refractivity contribution in [3.63, 3.8) is 0 Å². The normalized spacial score (nSPS) is 11.6. The summed E-state index contributed by atoms with van der Waals surface area (Å²) < 4.78 is 10.3. The maximum absolute atomic E-state index is 12.8. The Morgan fingerprint density at radius 2 is 1.78 bits per heavy atom. The van der Waals surface area contributed by atoms with Crippen LogP contribution in [0.15, 0.2) is 53.1 Å². The number of Topliss-reactive ketones (excluding diaryl/α,β-unsaturated/α-hetero) is 2. The average Bonchev–Trinajstić information content (AvgIpc) is 3.40. The molecule has 1 atom stereocenters. The van der Waals surface area contributed by atoms with Gasteiger partial charge in [-0.1, -0.05) is 30.3 Å². The monoisotopic (exact) mass is 436 g/mol. The number of hydrogen-bond acceptors (Lipinski definition) is 6. The Balaban J connectivity index is 1.71. The van der Waals surface area contributed by atoms with Gasteiger partial charge < -0.3 is 19.5 Å². The molecule has 0 saturated heterocycles. The molecular weight excluding hydrogens is 412 g/mol. The van der Waals surface area contributed by atoms with Crippen molar-refractivity contribution in [2.45, 2.75) is 33.2 Å². The topological polar surface area (TPSA) is 118 Å². The van der Waals surface area contributed by atoms with Crippen molar-refractivity contribution < 1.29 is 28.3 Å². The van der Waals surface area contributed by atoms with Crippen molar-refractivity contribution in [3.05, 3.63) is 82.6 Å². The molecular formula is C24H24N2O6. The molecule has 8 nitrogen and oxygen atoms in total. The van der Waals surface area contributed by atoms with E-state index >= 15 is 0 Å². The summed E-state index contributed by atoms with van der Waals surface area (Å²) in [4.78, 5) is 52.5. The van der Waals surface area contributed by atoms with Crippen molar-refractivity contribution in [2.75, 3.05) is 6.61 Å². The van der Waals surface area contributed by atoms with Crippen LogP contribution in [0.4, 0.5) is 0 Å². The zero-order valence-electron chi connectivity index (χ0n) is 18.1. The molecule has 0 fully saturated rings. The van der Waals surface area contributed by atoms with Gasteiger partial charge in [0.15, 0.2) is 18.2 Å². The fourth-order valence-corrected chi connectivity index (χ4v) is 3.55. The number of nitrogens with one attached hydrogen (secondary N) is 2. The molecule has 0 saturated carbocycles. The third-order valence-corrected chi connectivity index (χ3v) is 5.03. The lowest BCUT2D eigenvalue weighted by atomic mass is 10.1. The first-order chi connectivity index (χ1) is 15.3. The van der Waals surface area contributed by atoms with Gasteiger partial charge in [-0.15, -0.1) is 0 Å². The van der Waals surface area contributed by atoms with Crippen LogP contribution in [0.1, 0.15) is 55.1 Å². The lowest BCUT2D eigenvalue weighted by Crippen LogP contribution is -2.43. The lowest BCUT2D eigenvalue weighted by Gasteiger charge is -2.17. The summed E-state index contributed by atoms with van der Waals surface area (Å²) in [6, 6.07) is 11.1. The van der Waals surface area contributed by atoms with Gasteiger partial charge in [-0.25, -0.2) is 4.79 Å². The van der Waals surface area contributed by atoms with Crippen LogP contribution in [0.25, 0.3) is 0 Å². The average molecular weight is 436 g/mol. The van der Waals surface area contributed by atoms with E-state index in [1.807, 2.05) is 30.3 Å². The molecule has 2 heterocycles. The molecule has 32 heavy (non-hydrogen) atoms. The Morgan fingerprint density at radius 3 is 2.38 bits per heavy atom. The van der Waals surface area contributed by atoms with Gasteiger partial charge in [0.25, 0.3) is 5.91 Å². The van der Waals surface area contributed by atoms with Gasteiger partial charge in [0.05, 0.1) is 12.0 Å². The quantitative estimate of drug-likeness (QED) is 0.393. The number of benzene rings is 1. The SMILES string of the molecule is CC(=O)c1c(C)[nH]c(C(=O)COC(=O)[C@H](Cc2ccccc2)NC(=O)c2ccco2)c1C. The van der Waals surface area contributed by atoms with Gasteiger partial charge in [-0.05, 0) is 44.0 Å². The van der Waals surface area contributed by atoms with Crippen molar-refractivity contribution >= 4 is 23.4 Å². The minimum Gasteiger partial charge on any atom is -0.459 e. The molecule has 2 N–H and O–H groups in total. The van der Waals surface area contributed by atoms with Crippen molar-refractivity contribution in [1.82, 2.24) is 10.3 Å².